The summed E-state index contributed by atoms with van der Waals surface area (Å²) in [5.74, 6) is 1.28. The predicted molar refractivity (Wildman–Crippen MR) is 72.9 cm³/mol. The summed E-state index contributed by atoms with van der Waals surface area (Å²) in [5, 5.41) is 0. The monoisotopic (exact) mass is 239 g/mol. The average molecular weight is 239 g/mol. The molecule has 1 saturated carbocycles. The number of Topliss-reactive ketones (excluding diaryl/α,β-unsaturated/α-hetero) is 1. The van der Waals surface area contributed by atoms with Gasteiger partial charge >= 0.3 is 0 Å². The second-order valence-corrected chi connectivity index (χ2v) is 5.52. The lowest BCUT2D eigenvalue weighted by atomic mass is 9.89. The van der Waals surface area contributed by atoms with E-state index in [9.17, 15) is 4.79 Å². The molecule has 0 aromatic carbocycles. The molecule has 2 N–H and O–H groups in total. The van der Waals surface area contributed by atoms with E-state index in [4.69, 9.17) is 5.73 Å². The van der Waals surface area contributed by atoms with Crippen LogP contribution >= 0.6 is 0 Å². The highest BCUT2D eigenvalue weighted by Crippen LogP contribution is 2.32. The van der Waals surface area contributed by atoms with Crippen LogP contribution in [0.1, 0.15) is 71.1 Å². The molecule has 0 amide bonds. The summed E-state index contributed by atoms with van der Waals surface area (Å²) in [6.07, 6.45) is 11.8. The van der Waals surface area contributed by atoms with Gasteiger partial charge in [-0.2, -0.15) is 0 Å². The van der Waals surface area contributed by atoms with E-state index in [1.165, 1.54) is 44.9 Å². The van der Waals surface area contributed by atoms with Crippen molar-refractivity contribution < 1.29 is 4.79 Å². The molecule has 0 spiro atoms. The van der Waals surface area contributed by atoms with Crippen LogP contribution < -0.4 is 5.73 Å². The van der Waals surface area contributed by atoms with Crippen LogP contribution in [0.4, 0.5) is 0 Å². The number of unbranched alkanes of at least 4 members (excludes halogenated alkanes) is 5. The van der Waals surface area contributed by atoms with Crippen molar-refractivity contribution in [3.05, 3.63) is 0 Å². The van der Waals surface area contributed by atoms with Crippen LogP contribution in [-0.4, -0.2) is 12.3 Å². The second kappa shape index (κ2) is 8.68. The predicted octanol–water partition coefficient (Wildman–Crippen LogP) is 3.68. The molecule has 0 heterocycles. The normalized spacial score (nSPS) is 24.1. The fourth-order valence-electron chi connectivity index (χ4n) is 3.01. The number of carbonyl (C=O) groups is 1. The molecule has 0 aromatic rings. The van der Waals surface area contributed by atoms with Gasteiger partial charge in [0.1, 0.15) is 5.78 Å². The quantitative estimate of drug-likeness (QED) is 0.624. The first-order valence-corrected chi connectivity index (χ1v) is 7.52. The molecule has 2 heteroatoms. The number of rotatable bonds is 9. The highest BCUT2D eigenvalue weighted by molar-refractivity contribution is 5.81. The van der Waals surface area contributed by atoms with Gasteiger partial charge in [-0.1, -0.05) is 45.4 Å². The van der Waals surface area contributed by atoms with Crippen LogP contribution in [0.3, 0.4) is 0 Å². The second-order valence-electron chi connectivity index (χ2n) is 5.52. The van der Waals surface area contributed by atoms with Gasteiger partial charge in [0.15, 0.2) is 0 Å². The Morgan fingerprint density at radius 3 is 2.53 bits per heavy atom. The lowest BCUT2D eigenvalue weighted by Gasteiger charge is -2.16. The Morgan fingerprint density at radius 2 is 1.82 bits per heavy atom. The SMILES string of the molecule is CCCCCCCCC(=O)C1CCCC1CN. The third kappa shape index (κ3) is 5.20. The molecule has 1 aliphatic rings. The highest BCUT2D eigenvalue weighted by Gasteiger charge is 2.30. The maximum Gasteiger partial charge on any atom is 0.136 e. The van der Waals surface area contributed by atoms with Gasteiger partial charge in [-0.3, -0.25) is 4.79 Å². The van der Waals surface area contributed by atoms with E-state index in [-0.39, 0.29) is 0 Å². The Morgan fingerprint density at radius 1 is 1.12 bits per heavy atom. The van der Waals surface area contributed by atoms with Gasteiger partial charge < -0.3 is 5.73 Å². The third-order valence-electron chi connectivity index (χ3n) is 4.15. The van der Waals surface area contributed by atoms with E-state index < -0.39 is 0 Å². The van der Waals surface area contributed by atoms with Crippen LogP contribution in [0.25, 0.3) is 0 Å². The van der Waals surface area contributed by atoms with Crippen molar-refractivity contribution in [2.45, 2.75) is 71.1 Å². The molecule has 0 aromatic heterocycles. The standard InChI is InChI=1S/C15H29NO/c1-2-3-4-5-6-7-11-15(17)14-10-8-9-13(14)12-16/h13-14H,2-12,16H2,1H3. The molecular formula is C15H29NO. The lowest BCUT2D eigenvalue weighted by Crippen LogP contribution is -2.25. The van der Waals surface area contributed by atoms with E-state index in [2.05, 4.69) is 6.92 Å². The van der Waals surface area contributed by atoms with Crippen molar-refractivity contribution in [1.29, 1.82) is 0 Å². The van der Waals surface area contributed by atoms with Crippen LogP contribution in [-0.2, 0) is 4.79 Å². The molecule has 0 saturated heterocycles. The minimum Gasteiger partial charge on any atom is -0.330 e. The zero-order valence-corrected chi connectivity index (χ0v) is 11.4. The topological polar surface area (TPSA) is 43.1 Å². The van der Waals surface area contributed by atoms with Crippen molar-refractivity contribution in [2.24, 2.45) is 17.6 Å². The van der Waals surface area contributed by atoms with Crippen molar-refractivity contribution in [1.82, 2.24) is 0 Å². The number of carbonyl (C=O) groups excluding carboxylic acids is 1. The molecule has 2 atom stereocenters. The van der Waals surface area contributed by atoms with Crippen molar-refractivity contribution in [2.75, 3.05) is 6.54 Å². The number of ketones is 1. The Hall–Kier alpha value is -0.370. The van der Waals surface area contributed by atoms with E-state index in [1.807, 2.05) is 0 Å². The smallest absolute Gasteiger partial charge is 0.136 e. The summed E-state index contributed by atoms with van der Waals surface area (Å²) in [6, 6.07) is 0. The summed E-state index contributed by atoms with van der Waals surface area (Å²) in [7, 11) is 0. The van der Waals surface area contributed by atoms with Gasteiger partial charge in [0.2, 0.25) is 0 Å². The molecule has 0 radical (unpaired) electrons. The molecule has 2 nitrogen and oxygen atoms in total. The van der Waals surface area contributed by atoms with Crippen LogP contribution in [0.5, 0.6) is 0 Å². The summed E-state index contributed by atoms with van der Waals surface area (Å²) < 4.78 is 0. The van der Waals surface area contributed by atoms with E-state index in [1.54, 1.807) is 0 Å². The highest BCUT2D eigenvalue weighted by atomic mass is 16.1. The minimum atomic E-state index is 0.302. The number of hydrogen-bond donors (Lipinski definition) is 1. The molecule has 1 fully saturated rings. The largest absolute Gasteiger partial charge is 0.330 e. The lowest BCUT2D eigenvalue weighted by molar-refractivity contribution is -0.123. The van der Waals surface area contributed by atoms with Crippen molar-refractivity contribution >= 4 is 5.78 Å². The zero-order valence-electron chi connectivity index (χ0n) is 11.4. The maximum atomic E-state index is 12.0. The first-order chi connectivity index (χ1) is 8.29. The summed E-state index contributed by atoms with van der Waals surface area (Å²) >= 11 is 0. The number of nitrogens with two attached hydrogens (primary N) is 1. The van der Waals surface area contributed by atoms with Gasteiger partial charge in [0.05, 0.1) is 0 Å². The Labute approximate surface area is 106 Å². The van der Waals surface area contributed by atoms with E-state index in [0.29, 0.717) is 24.2 Å². The fourth-order valence-corrected chi connectivity index (χ4v) is 3.01. The molecular weight excluding hydrogens is 210 g/mol. The first kappa shape index (κ1) is 14.7. The van der Waals surface area contributed by atoms with Gasteiger partial charge in [0.25, 0.3) is 0 Å². The molecule has 17 heavy (non-hydrogen) atoms. The minimum absolute atomic E-state index is 0.302. The van der Waals surface area contributed by atoms with Gasteiger partial charge in [0, 0.05) is 12.3 Å². The van der Waals surface area contributed by atoms with E-state index >= 15 is 0 Å². The van der Waals surface area contributed by atoms with Crippen LogP contribution in [0.15, 0.2) is 0 Å². The van der Waals surface area contributed by atoms with Crippen LogP contribution in [0, 0.1) is 11.8 Å². The third-order valence-corrected chi connectivity index (χ3v) is 4.15. The molecule has 100 valence electrons. The first-order valence-electron chi connectivity index (χ1n) is 7.52. The molecule has 0 aliphatic heterocycles. The fraction of sp³-hybridized carbons (Fsp3) is 0.933. The van der Waals surface area contributed by atoms with Crippen molar-refractivity contribution in [3.63, 3.8) is 0 Å². The van der Waals surface area contributed by atoms with Gasteiger partial charge in [-0.25, -0.2) is 0 Å². The Bertz CT molecular complexity index is 215. The Kier molecular flexibility index (Phi) is 7.50. The molecule has 1 aliphatic carbocycles. The van der Waals surface area contributed by atoms with E-state index in [0.717, 1.165) is 19.3 Å². The average Bonchev–Trinajstić information content (AvgIpc) is 2.81. The van der Waals surface area contributed by atoms with Gasteiger partial charge in [-0.15, -0.1) is 0 Å². The molecule has 0 bridgehead atoms. The summed E-state index contributed by atoms with van der Waals surface area (Å²) in [4.78, 5) is 12.0. The number of hydrogen-bond acceptors (Lipinski definition) is 2. The van der Waals surface area contributed by atoms with Crippen molar-refractivity contribution in [3.8, 4) is 0 Å². The molecule has 2 unspecified atom stereocenters. The maximum absolute atomic E-state index is 12.0. The summed E-state index contributed by atoms with van der Waals surface area (Å²) in [6.45, 7) is 2.93. The summed E-state index contributed by atoms with van der Waals surface area (Å²) in [5.41, 5.74) is 5.72. The van der Waals surface area contributed by atoms with Gasteiger partial charge in [-0.05, 0) is 31.7 Å². The Balaban J connectivity index is 2.08. The zero-order chi connectivity index (χ0) is 12.5. The molecule has 1 rings (SSSR count). The van der Waals surface area contributed by atoms with Crippen LogP contribution in [0.2, 0.25) is 0 Å².